The van der Waals surface area contributed by atoms with E-state index in [9.17, 15) is 77.3 Å². The van der Waals surface area contributed by atoms with Crippen molar-refractivity contribution in [2.24, 2.45) is 5.92 Å². The predicted octanol–water partition coefficient (Wildman–Crippen LogP) is 1.71. The summed E-state index contributed by atoms with van der Waals surface area (Å²) < 4.78 is 21.3. The zero-order valence-electron chi connectivity index (χ0n) is 63.1. The number of aliphatic hydroxyl groups excluding tert-OH is 2. The Morgan fingerprint density at radius 3 is 1.55 bits per heavy atom. The van der Waals surface area contributed by atoms with Gasteiger partial charge in [-0.15, -0.1) is 0 Å². The molecule has 1 fully saturated rings. The summed E-state index contributed by atoms with van der Waals surface area (Å²) in [6, 6.07) is -7.27. The van der Waals surface area contributed by atoms with E-state index in [-0.39, 0.29) is 70.4 Å². The molecule has 13 amide bonds. The van der Waals surface area contributed by atoms with E-state index in [1.54, 1.807) is 120 Å². The number of esters is 1. The van der Waals surface area contributed by atoms with E-state index in [2.05, 4.69) is 63.8 Å². The number of aliphatic hydroxyl groups is 2. The summed E-state index contributed by atoms with van der Waals surface area (Å²) in [5.74, 6) is -11.2. The molecule has 2 rings (SSSR count). The second kappa shape index (κ2) is 43.9. The van der Waals surface area contributed by atoms with Crippen molar-refractivity contribution in [2.75, 3.05) is 33.3 Å². The number of unbranched alkanes of at least 4 members (excludes halogenated alkanes) is 2. The molecule has 0 saturated carbocycles. The fraction of sp³-hybridized carbons (Fsp3) is 0.714. The molecule has 0 bridgehead atoms. The molecule has 1 aromatic rings. The SMILES string of the molecule is CCCCC[C@@H](C(=O)OC)N(CC(=O)N[C@H](C(=O)N[C@@H](CCC)C(=O)N[C@H]1CCNC(=O)[C@H]([C@@H](C)O)NC(=O)[C@H](CCNC(=O)OC(C)(C)C)NC(=O)[C@H](CCNC(=O)OC(C)(C)C)NC(=O)[C@H](CC(C)C)NC(=O)[C@@H](Cc2ccccc2)NC(=O)[C@H](CCC)NC1=O)[C@@H](C)O)C(=O)OC(C)(C)C. The molecule has 14 N–H and O–H groups in total. The molecule has 103 heavy (non-hydrogen) atoms. The van der Waals surface area contributed by atoms with Crippen LogP contribution in [0.15, 0.2) is 30.3 Å². The van der Waals surface area contributed by atoms with Gasteiger partial charge >= 0.3 is 24.2 Å². The van der Waals surface area contributed by atoms with Crippen LogP contribution < -0.4 is 63.8 Å². The van der Waals surface area contributed by atoms with Crippen molar-refractivity contribution in [2.45, 2.75) is 284 Å². The molecule has 12 atom stereocenters. The van der Waals surface area contributed by atoms with E-state index in [1.165, 1.54) is 6.92 Å². The first kappa shape index (κ1) is 90.2. The molecular weight excluding hydrogens is 1340 g/mol. The number of amides is 13. The van der Waals surface area contributed by atoms with E-state index in [0.717, 1.165) is 25.4 Å². The predicted molar refractivity (Wildman–Crippen MR) is 378 cm³/mol. The Morgan fingerprint density at radius 2 is 1.07 bits per heavy atom. The van der Waals surface area contributed by atoms with Crippen LogP contribution in [0.3, 0.4) is 0 Å². The normalized spacial score (nSPS) is 20.9. The number of methoxy groups -OCH3 is 1. The van der Waals surface area contributed by atoms with Crippen LogP contribution in [-0.2, 0) is 78.1 Å². The molecule has 1 heterocycles. The number of nitrogens with zero attached hydrogens (tertiary/aromatic N) is 1. The van der Waals surface area contributed by atoms with Crippen LogP contribution in [0.1, 0.15) is 193 Å². The second-order valence-electron chi connectivity index (χ2n) is 29.0. The van der Waals surface area contributed by atoms with Gasteiger partial charge in [0.2, 0.25) is 59.1 Å². The van der Waals surface area contributed by atoms with Crippen LogP contribution in [-0.4, -0.2) is 221 Å². The molecular formula is C70H117N13O20. The summed E-state index contributed by atoms with van der Waals surface area (Å²) in [7, 11) is 1.12. The maximum atomic E-state index is 14.9. The fourth-order valence-corrected chi connectivity index (χ4v) is 10.5. The van der Waals surface area contributed by atoms with Crippen molar-refractivity contribution in [1.82, 2.24) is 68.7 Å². The average molecular weight is 1460 g/mol. The van der Waals surface area contributed by atoms with E-state index in [4.69, 9.17) is 18.9 Å². The van der Waals surface area contributed by atoms with E-state index >= 15 is 0 Å². The lowest BCUT2D eigenvalue weighted by Crippen LogP contribution is -2.61. The standard InChI is InChI=1S/C70H117N13O20/c1-18-21-23-30-51(64(96)100-17)83(67(99)103-70(14,15)16)39-52(86)81-54(42(7)85)63(95)78-45(27-20-3)55(87)75-46-31-34-71-62(94)53(41(6)84)82-59(91)48(33-36-73-66(98)102-69(11,12)13)76-58(90)47(32-35-72-65(97)101-68(8,9)10)77-60(92)49(37-40(4)5)79-61(93)50(38-43-28-24-22-25-29-43)80-56(88)44(26-19-2)74-57(46)89/h22,24-25,28-29,40-42,44-51,53-54,84-85H,18-21,23,26-27,30-39H2,1-17H3,(H,71,94)(H,72,97)(H,73,98)(H,74,89)(H,75,87)(H,76,90)(H,77,92)(H,78,95)(H,79,93)(H,80,88)(H,81,86)(H,82,91)/t41-,42-,44+,45+,46+,47+,48+,49+,50-,51+,53+,54+/m1/s1. The van der Waals surface area contributed by atoms with Crippen LogP contribution in [0.25, 0.3) is 0 Å². The van der Waals surface area contributed by atoms with Gasteiger partial charge < -0.3 is 93.0 Å². The topological polar surface area (TPSA) is 464 Å². The number of ether oxygens (including phenoxy) is 4. The minimum Gasteiger partial charge on any atom is -0.467 e. The van der Waals surface area contributed by atoms with Crippen molar-refractivity contribution < 1.29 is 96.3 Å². The Kier molecular flexibility index (Phi) is 38.5. The van der Waals surface area contributed by atoms with Crippen molar-refractivity contribution in [3.8, 4) is 0 Å². The highest BCUT2D eigenvalue weighted by Gasteiger charge is 2.40. The van der Waals surface area contributed by atoms with Crippen molar-refractivity contribution in [1.29, 1.82) is 0 Å². The van der Waals surface area contributed by atoms with Crippen LogP contribution in [0.5, 0.6) is 0 Å². The molecule has 0 aromatic heterocycles. The quantitative estimate of drug-likeness (QED) is 0.0308. The highest BCUT2D eigenvalue weighted by molar-refractivity contribution is 5.99. The number of rotatable bonds is 29. The first-order valence-corrected chi connectivity index (χ1v) is 35.4. The molecule has 0 unspecified atom stereocenters. The molecule has 1 aliphatic heterocycles. The summed E-state index contributed by atoms with van der Waals surface area (Å²) >= 11 is 0. The third kappa shape index (κ3) is 34.8. The second-order valence-corrected chi connectivity index (χ2v) is 29.0. The maximum Gasteiger partial charge on any atom is 0.411 e. The molecule has 0 radical (unpaired) electrons. The summed E-state index contributed by atoms with van der Waals surface area (Å²) in [5.41, 5.74) is -2.41. The number of hydrogen-bond acceptors (Lipinski definition) is 20. The number of carbonyl (C=O) groups is 14. The summed E-state index contributed by atoms with van der Waals surface area (Å²) in [6.07, 6.45) is -5.40. The highest BCUT2D eigenvalue weighted by Crippen LogP contribution is 2.19. The monoisotopic (exact) mass is 1460 g/mol. The smallest absolute Gasteiger partial charge is 0.411 e. The third-order valence-electron chi connectivity index (χ3n) is 15.5. The van der Waals surface area contributed by atoms with Gasteiger partial charge in [-0.25, -0.2) is 19.2 Å². The molecule has 0 spiro atoms. The molecule has 33 nitrogen and oxygen atoms in total. The average Bonchev–Trinajstić information content (AvgIpc) is 1.03. The van der Waals surface area contributed by atoms with Gasteiger partial charge in [0.25, 0.3) is 0 Å². The van der Waals surface area contributed by atoms with E-state index in [1.807, 2.05) is 6.92 Å². The van der Waals surface area contributed by atoms with Crippen LogP contribution in [0, 0.1) is 5.92 Å². The van der Waals surface area contributed by atoms with Crippen molar-refractivity contribution in [3.05, 3.63) is 35.9 Å². The number of alkyl carbamates (subject to hydrolysis) is 2. The lowest BCUT2D eigenvalue weighted by Gasteiger charge is -2.32. The fourth-order valence-electron chi connectivity index (χ4n) is 10.5. The summed E-state index contributed by atoms with van der Waals surface area (Å²) in [5, 5.41) is 53.0. The minimum atomic E-state index is -1.82. The van der Waals surface area contributed by atoms with Gasteiger partial charge in [-0.2, -0.15) is 0 Å². The Labute approximate surface area is 604 Å². The molecule has 33 heteroatoms. The Morgan fingerprint density at radius 1 is 0.573 bits per heavy atom. The zero-order chi connectivity index (χ0) is 78.1. The lowest BCUT2D eigenvalue weighted by atomic mass is 10.00. The van der Waals surface area contributed by atoms with E-state index in [0.29, 0.717) is 18.4 Å². The molecule has 582 valence electrons. The van der Waals surface area contributed by atoms with Crippen LogP contribution in [0.2, 0.25) is 0 Å². The molecule has 1 aromatic carbocycles. The van der Waals surface area contributed by atoms with Gasteiger partial charge in [-0.1, -0.05) is 97.1 Å². The zero-order valence-corrected chi connectivity index (χ0v) is 63.1. The Balaban J connectivity index is 2.88. The summed E-state index contributed by atoms with van der Waals surface area (Å²) in [6.45, 7) is 23.6. The largest absolute Gasteiger partial charge is 0.467 e. The highest BCUT2D eigenvalue weighted by atomic mass is 16.6. The Bertz CT molecular complexity index is 2990. The van der Waals surface area contributed by atoms with Crippen LogP contribution >= 0.6 is 0 Å². The van der Waals surface area contributed by atoms with Crippen molar-refractivity contribution >= 4 is 83.3 Å². The number of hydrogen-bond donors (Lipinski definition) is 14. The van der Waals surface area contributed by atoms with E-state index < -0.39 is 199 Å². The lowest BCUT2D eigenvalue weighted by molar-refractivity contribution is -0.148. The maximum absolute atomic E-state index is 14.9. The molecule has 0 aliphatic carbocycles. The van der Waals surface area contributed by atoms with Gasteiger partial charge in [-0.3, -0.25) is 52.8 Å². The van der Waals surface area contributed by atoms with Gasteiger partial charge in [-0.05, 0) is 133 Å². The van der Waals surface area contributed by atoms with Gasteiger partial charge in [0.15, 0.2) is 0 Å². The summed E-state index contributed by atoms with van der Waals surface area (Å²) in [4.78, 5) is 199. The van der Waals surface area contributed by atoms with Gasteiger partial charge in [0, 0.05) is 26.1 Å². The first-order valence-electron chi connectivity index (χ1n) is 35.4. The first-order chi connectivity index (χ1) is 48.0. The number of benzene rings is 1. The van der Waals surface area contributed by atoms with Crippen LogP contribution in [0.4, 0.5) is 14.4 Å². The molecule has 1 saturated heterocycles. The minimum absolute atomic E-state index is 0.0456. The number of carbonyl (C=O) groups excluding carboxylic acids is 14. The van der Waals surface area contributed by atoms with Gasteiger partial charge in [0.05, 0.1) is 19.3 Å². The van der Waals surface area contributed by atoms with Crippen molar-refractivity contribution in [3.63, 3.8) is 0 Å². The third-order valence-corrected chi connectivity index (χ3v) is 15.5. The Hall–Kier alpha value is -8.88. The molecule has 1 aliphatic rings. The number of nitrogens with one attached hydrogen (secondary N) is 12. The van der Waals surface area contributed by atoms with Gasteiger partial charge in [0.1, 0.15) is 83.8 Å².